The van der Waals surface area contributed by atoms with Crippen LogP contribution < -0.4 is 16.2 Å². The Balaban J connectivity index is 1.57. The van der Waals surface area contributed by atoms with Crippen LogP contribution in [0.1, 0.15) is 18.4 Å². The first-order chi connectivity index (χ1) is 14.1. The van der Waals surface area contributed by atoms with Crippen LogP contribution >= 0.6 is 0 Å². The van der Waals surface area contributed by atoms with Crippen molar-refractivity contribution in [2.75, 3.05) is 18.5 Å². The molecule has 2 amide bonds. The summed E-state index contributed by atoms with van der Waals surface area (Å²) >= 11 is 0. The van der Waals surface area contributed by atoms with Crippen LogP contribution in [0.5, 0.6) is 0 Å². The number of nitrogens with zero attached hydrogens (tertiary/aromatic N) is 1. The van der Waals surface area contributed by atoms with E-state index >= 15 is 0 Å². The molecule has 0 bridgehead atoms. The first kappa shape index (κ1) is 19.2. The van der Waals surface area contributed by atoms with Crippen molar-refractivity contribution in [2.45, 2.75) is 24.8 Å². The summed E-state index contributed by atoms with van der Waals surface area (Å²) in [5.41, 5.74) is 1.37. The third-order valence-corrected chi connectivity index (χ3v) is 5.58. The average molecular weight is 391 g/mol. The highest BCUT2D eigenvalue weighted by atomic mass is 16.5. The summed E-state index contributed by atoms with van der Waals surface area (Å²) in [6, 6.07) is 17.1. The van der Waals surface area contributed by atoms with Crippen molar-refractivity contribution in [3.8, 4) is 0 Å². The van der Waals surface area contributed by atoms with Gasteiger partial charge < -0.3 is 19.9 Å². The van der Waals surface area contributed by atoms with E-state index < -0.39 is 0 Å². The number of carbonyl (C=O) groups excluding carboxylic acids is 1. The van der Waals surface area contributed by atoms with E-state index in [2.05, 4.69) is 22.8 Å². The highest BCUT2D eigenvalue weighted by Gasteiger charge is 2.34. The molecule has 0 radical (unpaired) electrons. The zero-order chi connectivity index (χ0) is 20.3. The standard InChI is InChI=1S/C23H25N3O3/c1-26-13-10-18-19(21(26)27)8-5-9-20(18)24-22(28)25-23(11-14-29-15-12-23)16-17-6-3-2-4-7-17/h2-10,13H,11-12,14-16H2,1H3,(H2,24,25,28). The Morgan fingerprint density at radius 2 is 1.79 bits per heavy atom. The van der Waals surface area contributed by atoms with Gasteiger partial charge in [0.25, 0.3) is 5.56 Å². The van der Waals surface area contributed by atoms with Crippen LogP contribution in [0.4, 0.5) is 10.5 Å². The Morgan fingerprint density at radius 1 is 1.03 bits per heavy atom. The number of rotatable bonds is 4. The number of hydrogen-bond acceptors (Lipinski definition) is 3. The Bertz CT molecular complexity index is 1070. The SMILES string of the molecule is Cn1ccc2c(NC(=O)NC3(Cc4ccccc4)CCOCC3)cccc2c1=O. The summed E-state index contributed by atoms with van der Waals surface area (Å²) in [5, 5.41) is 7.47. The maximum atomic E-state index is 12.9. The summed E-state index contributed by atoms with van der Waals surface area (Å²) < 4.78 is 7.07. The van der Waals surface area contributed by atoms with Crippen molar-refractivity contribution < 1.29 is 9.53 Å². The van der Waals surface area contributed by atoms with Gasteiger partial charge >= 0.3 is 6.03 Å². The van der Waals surface area contributed by atoms with E-state index in [0.717, 1.165) is 24.6 Å². The van der Waals surface area contributed by atoms with E-state index in [-0.39, 0.29) is 17.1 Å². The number of urea groups is 1. The molecule has 1 aliphatic rings. The lowest BCUT2D eigenvalue weighted by molar-refractivity contribution is 0.0432. The van der Waals surface area contributed by atoms with Gasteiger partial charge in [0.15, 0.2) is 0 Å². The number of pyridine rings is 1. The van der Waals surface area contributed by atoms with Gasteiger partial charge in [-0.3, -0.25) is 4.79 Å². The average Bonchev–Trinajstić information content (AvgIpc) is 2.72. The molecule has 2 aromatic carbocycles. The largest absolute Gasteiger partial charge is 0.381 e. The van der Waals surface area contributed by atoms with Gasteiger partial charge in [0, 0.05) is 37.2 Å². The second-order valence-corrected chi connectivity index (χ2v) is 7.63. The van der Waals surface area contributed by atoms with Crippen molar-refractivity contribution in [1.29, 1.82) is 0 Å². The van der Waals surface area contributed by atoms with Crippen LogP contribution in [0.25, 0.3) is 10.8 Å². The minimum absolute atomic E-state index is 0.0865. The molecule has 6 nitrogen and oxygen atoms in total. The minimum Gasteiger partial charge on any atom is -0.381 e. The number of amides is 2. The second-order valence-electron chi connectivity index (χ2n) is 7.63. The number of carbonyl (C=O) groups is 1. The highest BCUT2D eigenvalue weighted by molar-refractivity contribution is 6.01. The van der Waals surface area contributed by atoms with Gasteiger partial charge in [0.05, 0.1) is 11.2 Å². The topological polar surface area (TPSA) is 72.4 Å². The molecule has 2 N–H and O–H groups in total. The maximum Gasteiger partial charge on any atom is 0.319 e. The van der Waals surface area contributed by atoms with Gasteiger partial charge in [0.1, 0.15) is 0 Å². The van der Waals surface area contributed by atoms with Gasteiger partial charge in [-0.1, -0.05) is 36.4 Å². The molecule has 1 saturated heterocycles. The molecule has 0 unspecified atom stereocenters. The fourth-order valence-corrected chi connectivity index (χ4v) is 3.97. The first-order valence-corrected chi connectivity index (χ1v) is 9.86. The molecule has 29 heavy (non-hydrogen) atoms. The van der Waals surface area contributed by atoms with Gasteiger partial charge in [-0.2, -0.15) is 0 Å². The lowest BCUT2D eigenvalue weighted by Crippen LogP contribution is -2.54. The fraction of sp³-hybridized carbons (Fsp3) is 0.304. The molecule has 150 valence electrons. The molecular formula is C23H25N3O3. The van der Waals surface area contributed by atoms with Crippen molar-refractivity contribution in [3.63, 3.8) is 0 Å². The van der Waals surface area contributed by atoms with Crippen LogP contribution in [-0.4, -0.2) is 29.4 Å². The molecule has 1 aromatic heterocycles. The number of nitrogens with one attached hydrogen (secondary N) is 2. The number of aromatic nitrogens is 1. The Labute approximate surface area is 169 Å². The van der Waals surface area contributed by atoms with Gasteiger partial charge in [0.2, 0.25) is 0 Å². The summed E-state index contributed by atoms with van der Waals surface area (Å²) in [4.78, 5) is 25.3. The first-order valence-electron chi connectivity index (χ1n) is 9.86. The van der Waals surface area contributed by atoms with E-state index in [1.54, 1.807) is 25.4 Å². The fourth-order valence-electron chi connectivity index (χ4n) is 3.97. The quantitative estimate of drug-likeness (QED) is 0.716. The number of ether oxygens (including phenoxy) is 1. The molecule has 6 heteroatoms. The molecule has 0 atom stereocenters. The molecule has 0 saturated carbocycles. The Morgan fingerprint density at radius 3 is 2.55 bits per heavy atom. The van der Waals surface area contributed by atoms with Crippen molar-refractivity contribution in [1.82, 2.24) is 9.88 Å². The molecule has 2 heterocycles. The van der Waals surface area contributed by atoms with Crippen LogP contribution in [0.3, 0.4) is 0 Å². The molecule has 3 aromatic rings. The highest BCUT2D eigenvalue weighted by Crippen LogP contribution is 2.26. The van der Waals surface area contributed by atoms with Crippen molar-refractivity contribution >= 4 is 22.5 Å². The van der Waals surface area contributed by atoms with Crippen molar-refractivity contribution in [3.05, 3.63) is 76.7 Å². The minimum atomic E-state index is -0.357. The Hall–Kier alpha value is -3.12. The third-order valence-electron chi connectivity index (χ3n) is 5.58. The number of aryl methyl sites for hydroxylation is 1. The number of benzene rings is 2. The zero-order valence-electron chi connectivity index (χ0n) is 16.5. The summed E-state index contributed by atoms with van der Waals surface area (Å²) in [6.45, 7) is 1.24. The van der Waals surface area contributed by atoms with Crippen molar-refractivity contribution in [2.24, 2.45) is 7.05 Å². The summed E-state index contributed by atoms with van der Waals surface area (Å²) in [6.07, 6.45) is 3.97. The van der Waals surface area contributed by atoms with Crippen LogP contribution in [0.15, 0.2) is 65.6 Å². The summed E-state index contributed by atoms with van der Waals surface area (Å²) in [5.74, 6) is 0. The van der Waals surface area contributed by atoms with Gasteiger partial charge in [-0.15, -0.1) is 0 Å². The lowest BCUT2D eigenvalue weighted by Gasteiger charge is -2.38. The zero-order valence-corrected chi connectivity index (χ0v) is 16.5. The number of anilines is 1. The van der Waals surface area contributed by atoms with E-state index in [1.807, 2.05) is 30.3 Å². The normalized spacial score (nSPS) is 15.8. The Kier molecular flexibility index (Phi) is 5.36. The predicted octanol–water partition coefficient (Wildman–Crippen LogP) is 3.45. The number of fused-ring (bicyclic) bond motifs is 1. The summed E-state index contributed by atoms with van der Waals surface area (Å²) in [7, 11) is 1.72. The molecule has 1 aliphatic heterocycles. The van der Waals surface area contributed by atoms with E-state index in [9.17, 15) is 9.59 Å². The molecule has 4 rings (SSSR count). The monoisotopic (exact) mass is 391 g/mol. The van der Waals surface area contributed by atoms with Crippen LogP contribution in [0, 0.1) is 0 Å². The van der Waals surface area contributed by atoms with Gasteiger partial charge in [-0.05, 0) is 43.0 Å². The van der Waals surface area contributed by atoms with Crippen LogP contribution in [0.2, 0.25) is 0 Å². The molecule has 1 fully saturated rings. The molecule has 0 aliphatic carbocycles. The van der Waals surface area contributed by atoms with E-state index in [1.165, 1.54) is 10.1 Å². The maximum absolute atomic E-state index is 12.9. The van der Waals surface area contributed by atoms with Gasteiger partial charge in [-0.25, -0.2) is 4.79 Å². The lowest BCUT2D eigenvalue weighted by atomic mass is 9.83. The smallest absolute Gasteiger partial charge is 0.319 e. The predicted molar refractivity (Wildman–Crippen MR) is 114 cm³/mol. The van der Waals surface area contributed by atoms with E-state index in [4.69, 9.17) is 4.74 Å². The molecular weight excluding hydrogens is 366 g/mol. The number of hydrogen-bond donors (Lipinski definition) is 2. The second kappa shape index (κ2) is 8.09. The third kappa shape index (κ3) is 4.17. The molecule has 0 spiro atoms. The van der Waals surface area contributed by atoms with Crippen LogP contribution in [-0.2, 0) is 18.2 Å². The van der Waals surface area contributed by atoms with E-state index in [0.29, 0.717) is 24.3 Å².